The predicted octanol–water partition coefficient (Wildman–Crippen LogP) is 5.45. The number of hydrogen-bond donors (Lipinski definition) is 2. The van der Waals surface area contributed by atoms with Crippen LogP contribution >= 0.6 is 0 Å². The summed E-state index contributed by atoms with van der Waals surface area (Å²) in [5.74, 6) is 1.61. The van der Waals surface area contributed by atoms with Gasteiger partial charge in [-0.3, -0.25) is 19.4 Å². The summed E-state index contributed by atoms with van der Waals surface area (Å²) in [6.07, 6.45) is 2.20. The summed E-state index contributed by atoms with van der Waals surface area (Å²) in [4.78, 5) is 38.8. The Labute approximate surface area is 275 Å². The van der Waals surface area contributed by atoms with Crippen LogP contribution in [0.1, 0.15) is 63.9 Å². The van der Waals surface area contributed by atoms with E-state index in [2.05, 4.69) is 36.3 Å². The molecule has 1 saturated heterocycles. The van der Waals surface area contributed by atoms with E-state index in [1.807, 2.05) is 0 Å². The monoisotopic (exact) mass is 657 g/mol. The van der Waals surface area contributed by atoms with Gasteiger partial charge in [0.05, 0.1) is 23.4 Å². The van der Waals surface area contributed by atoms with Gasteiger partial charge in [-0.05, 0) is 73.5 Å². The number of anilines is 2. The number of amides is 2. The highest BCUT2D eigenvalue weighted by atomic mass is 19.4. The van der Waals surface area contributed by atoms with Crippen molar-refractivity contribution in [2.75, 3.05) is 30.3 Å². The Bertz CT molecular complexity index is 1770. The van der Waals surface area contributed by atoms with Gasteiger partial charge in [-0.2, -0.15) is 10.2 Å². The van der Waals surface area contributed by atoms with Gasteiger partial charge in [0.1, 0.15) is 23.2 Å². The van der Waals surface area contributed by atoms with E-state index < -0.39 is 6.36 Å². The van der Waals surface area contributed by atoms with Gasteiger partial charge >= 0.3 is 6.36 Å². The number of ether oxygens (including phenoxy) is 1. The molecule has 0 spiro atoms. The molecular weight excluding hydrogens is 623 g/mol. The lowest BCUT2D eigenvalue weighted by molar-refractivity contribution is -0.274. The van der Waals surface area contributed by atoms with Gasteiger partial charge in [0.15, 0.2) is 0 Å². The Hall–Kier alpha value is -4.70. The zero-order valence-electron chi connectivity index (χ0n) is 26.0. The van der Waals surface area contributed by atoms with E-state index in [1.165, 1.54) is 42.1 Å². The lowest BCUT2D eigenvalue weighted by Gasteiger charge is -2.64. The van der Waals surface area contributed by atoms with Crippen molar-refractivity contribution < 1.29 is 27.5 Å². The summed E-state index contributed by atoms with van der Waals surface area (Å²) in [7, 11) is 0. The van der Waals surface area contributed by atoms with Gasteiger partial charge in [-0.25, -0.2) is 4.98 Å². The molecule has 48 heavy (non-hydrogen) atoms. The van der Waals surface area contributed by atoms with Crippen LogP contribution in [0.25, 0.3) is 0 Å². The second-order valence-corrected chi connectivity index (χ2v) is 14.0. The molecule has 3 heterocycles. The van der Waals surface area contributed by atoms with Crippen molar-refractivity contribution in [2.45, 2.75) is 57.1 Å². The number of aromatic nitrogens is 2. The number of nitrogens with zero attached hydrogens (tertiary/aromatic N) is 5. The largest absolute Gasteiger partial charge is 0.573 e. The normalized spacial score (nSPS) is 27.8. The minimum absolute atomic E-state index is 0.00166. The van der Waals surface area contributed by atoms with Gasteiger partial charge in [0.2, 0.25) is 5.95 Å². The highest BCUT2D eigenvalue weighted by Crippen LogP contribution is 2.61. The van der Waals surface area contributed by atoms with Crippen LogP contribution in [0.3, 0.4) is 0 Å². The predicted molar refractivity (Wildman–Crippen MR) is 168 cm³/mol. The van der Waals surface area contributed by atoms with Crippen molar-refractivity contribution in [3.8, 4) is 11.8 Å². The molecule has 4 aliphatic carbocycles. The maximum Gasteiger partial charge on any atom is 0.573 e. The highest BCUT2D eigenvalue weighted by Gasteiger charge is 2.58. The Morgan fingerprint density at radius 2 is 1.62 bits per heavy atom. The summed E-state index contributed by atoms with van der Waals surface area (Å²) >= 11 is 0. The van der Waals surface area contributed by atoms with Crippen molar-refractivity contribution in [2.24, 2.45) is 23.2 Å². The number of halogens is 3. The number of nitrogens with one attached hydrogen (secondary N) is 2. The third kappa shape index (κ3) is 5.41. The molecule has 10 nitrogen and oxygen atoms in total. The van der Waals surface area contributed by atoms with Gasteiger partial charge in [0, 0.05) is 37.8 Å². The minimum atomic E-state index is -4.81. The Morgan fingerprint density at radius 1 is 0.958 bits per heavy atom. The Balaban J connectivity index is 0.909. The fourth-order valence-electron chi connectivity index (χ4n) is 9.42. The number of fused-ring (bicyclic) bond motifs is 1. The molecule has 1 aromatic heterocycles. The number of benzene rings is 2. The second kappa shape index (κ2) is 11.5. The second-order valence-electron chi connectivity index (χ2n) is 14.0. The zero-order chi connectivity index (χ0) is 33.2. The molecule has 248 valence electrons. The molecule has 3 aromatic rings. The van der Waals surface area contributed by atoms with Crippen LogP contribution in [0.2, 0.25) is 0 Å². The van der Waals surface area contributed by atoms with E-state index in [9.17, 15) is 28.0 Å². The lowest BCUT2D eigenvalue weighted by Crippen LogP contribution is -2.69. The number of rotatable bonds is 9. The third-order valence-corrected chi connectivity index (χ3v) is 11.0. The maximum absolute atomic E-state index is 13.0. The van der Waals surface area contributed by atoms with E-state index >= 15 is 0 Å². The Morgan fingerprint density at radius 3 is 2.29 bits per heavy atom. The first-order valence-corrected chi connectivity index (χ1v) is 16.4. The topological polar surface area (TPSA) is 123 Å². The molecule has 2 N–H and O–H groups in total. The summed E-state index contributed by atoms with van der Waals surface area (Å²) < 4.78 is 42.7. The SMILES string of the molecule is N#Cc1cnc(NCc2ccccc2OC(F)(F)F)nc1NC[C@@]12CC3C[C@H](C1)[C@@H](N1CC(N4C(=O)c5ccccc5C4=O)C1)[C@@H](C3)C2. The number of alkyl halides is 3. The summed E-state index contributed by atoms with van der Waals surface area (Å²) in [6.45, 7) is 2.09. The summed E-state index contributed by atoms with van der Waals surface area (Å²) in [5, 5.41) is 16.2. The van der Waals surface area contributed by atoms with Crippen molar-refractivity contribution >= 4 is 23.6 Å². The molecule has 0 radical (unpaired) electrons. The standard InChI is InChI=1S/C35H34F3N7O3/c36-35(37,38)48-28-8-4-1-5-21(28)15-40-33-41-16-24(14-39)30(43-33)42-19-34-11-20-9-22(12-34)29(23(10-20)13-34)44-17-25(18-44)45-31(46)26-6-2-3-7-27(26)32(45)47/h1-8,16,20,22-23,25,29H,9-13,15,17-19H2,(H2,40,41,42,43)/t20?,22-,23+,29-,34+. The highest BCUT2D eigenvalue weighted by molar-refractivity contribution is 6.21. The quantitative estimate of drug-likeness (QED) is 0.290. The van der Waals surface area contributed by atoms with Crippen molar-refractivity contribution in [1.29, 1.82) is 5.26 Å². The fraction of sp³-hybridized carbons (Fsp3) is 0.457. The molecule has 5 atom stereocenters. The van der Waals surface area contributed by atoms with Crippen LogP contribution in [-0.4, -0.2) is 69.7 Å². The molecule has 1 unspecified atom stereocenters. The first-order valence-electron chi connectivity index (χ1n) is 16.4. The molecule has 2 aromatic carbocycles. The number of imide groups is 1. The number of carbonyl (C=O) groups excluding carboxylic acids is 2. The van der Waals surface area contributed by atoms with E-state index in [0.717, 1.165) is 19.3 Å². The molecule has 5 fully saturated rings. The van der Waals surface area contributed by atoms with Crippen molar-refractivity contribution in [3.63, 3.8) is 0 Å². The zero-order valence-corrected chi connectivity index (χ0v) is 26.0. The molecule has 6 aliphatic rings. The van der Waals surface area contributed by atoms with Crippen LogP contribution in [-0.2, 0) is 6.54 Å². The number of hydrogen-bond acceptors (Lipinski definition) is 9. The third-order valence-electron chi connectivity index (χ3n) is 11.0. The van der Waals surface area contributed by atoms with Gasteiger partial charge < -0.3 is 15.4 Å². The van der Waals surface area contributed by atoms with Gasteiger partial charge in [-0.1, -0.05) is 30.3 Å². The average molecular weight is 658 g/mol. The van der Waals surface area contributed by atoms with Gasteiger partial charge in [-0.15, -0.1) is 13.2 Å². The number of carbonyl (C=O) groups is 2. The van der Waals surface area contributed by atoms with Crippen LogP contribution < -0.4 is 15.4 Å². The smallest absolute Gasteiger partial charge is 0.405 e. The molecule has 13 heteroatoms. The first-order chi connectivity index (χ1) is 23.1. The minimum Gasteiger partial charge on any atom is -0.405 e. The summed E-state index contributed by atoms with van der Waals surface area (Å²) in [5.41, 5.74) is 1.65. The Kier molecular flexibility index (Phi) is 7.32. The maximum atomic E-state index is 13.0. The molecule has 9 rings (SSSR count). The number of nitriles is 1. The molecule has 4 saturated carbocycles. The van der Waals surface area contributed by atoms with Crippen LogP contribution in [0, 0.1) is 34.5 Å². The molecule has 4 bridgehead atoms. The van der Waals surface area contributed by atoms with Crippen LogP contribution in [0.4, 0.5) is 24.9 Å². The van der Waals surface area contributed by atoms with E-state index in [4.69, 9.17) is 0 Å². The number of para-hydroxylation sites is 1. The van der Waals surface area contributed by atoms with Gasteiger partial charge in [0.25, 0.3) is 11.8 Å². The lowest BCUT2D eigenvalue weighted by atomic mass is 9.47. The fourth-order valence-corrected chi connectivity index (χ4v) is 9.42. The first kappa shape index (κ1) is 30.6. The van der Waals surface area contributed by atoms with Crippen molar-refractivity contribution in [1.82, 2.24) is 19.8 Å². The van der Waals surface area contributed by atoms with Crippen molar-refractivity contribution in [3.05, 3.63) is 77.0 Å². The summed E-state index contributed by atoms with van der Waals surface area (Å²) in [6, 6.07) is 15.4. The van der Waals surface area contributed by atoms with Crippen LogP contribution in [0.15, 0.2) is 54.7 Å². The van der Waals surface area contributed by atoms with E-state index in [0.29, 0.717) is 65.9 Å². The molecule has 2 amide bonds. The van der Waals surface area contributed by atoms with E-state index in [1.54, 1.807) is 30.3 Å². The average Bonchev–Trinajstić information content (AvgIpc) is 3.28. The molecular formula is C35H34F3N7O3. The van der Waals surface area contributed by atoms with Crippen LogP contribution in [0.5, 0.6) is 5.75 Å². The number of likely N-dealkylation sites (tertiary alicyclic amines) is 1. The molecule has 2 aliphatic heterocycles. The van der Waals surface area contributed by atoms with E-state index in [-0.39, 0.29) is 47.1 Å².